The molecule has 0 bridgehead atoms. The fourth-order valence-electron chi connectivity index (χ4n) is 2.30. The Morgan fingerprint density at radius 2 is 1.82 bits per heavy atom. The molecule has 0 aliphatic heterocycles. The first-order valence-corrected chi connectivity index (χ1v) is 9.03. The molecule has 0 aliphatic rings. The molecule has 0 aliphatic carbocycles. The van der Waals surface area contributed by atoms with E-state index in [1.807, 2.05) is 11.8 Å². The molecule has 0 saturated carbocycles. The Balaban J connectivity index is 2.78. The van der Waals surface area contributed by atoms with Gasteiger partial charge in [-0.25, -0.2) is 0 Å². The van der Waals surface area contributed by atoms with Crippen LogP contribution in [0.5, 0.6) is 0 Å². The van der Waals surface area contributed by atoms with Gasteiger partial charge in [0.2, 0.25) is 0 Å². The van der Waals surface area contributed by atoms with E-state index in [2.05, 4.69) is 62.4 Å². The first-order chi connectivity index (χ1) is 10.4. The Morgan fingerprint density at radius 1 is 1.18 bits per heavy atom. The fraction of sp³-hybridized carbons (Fsp3) is 0.588. The quantitative estimate of drug-likeness (QED) is 0.410. The number of benzene rings is 1. The van der Waals surface area contributed by atoms with Gasteiger partial charge in [-0.15, -0.1) is 0 Å². The summed E-state index contributed by atoms with van der Waals surface area (Å²) in [5, 5.41) is 6.86. The fourth-order valence-corrected chi connectivity index (χ4v) is 2.89. The molecule has 0 radical (unpaired) electrons. The third-order valence-electron chi connectivity index (χ3n) is 3.11. The van der Waals surface area contributed by atoms with E-state index in [0.717, 1.165) is 36.2 Å². The third kappa shape index (κ3) is 6.71. The van der Waals surface area contributed by atoms with Crippen LogP contribution in [0.15, 0.2) is 17.1 Å². The maximum Gasteiger partial charge on any atom is 0.196 e. The molecule has 4 nitrogen and oxygen atoms in total. The summed E-state index contributed by atoms with van der Waals surface area (Å²) in [4.78, 5) is 4.67. The molecule has 0 heterocycles. The van der Waals surface area contributed by atoms with Gasteiger partial charge in [-0.3, -0.25) is 4.99 Å². The van der Waals surface area contributed by atoms with E-state index in [4.69, 9.17) is 5.73 Å². The van der Waals surface area contributed by atoms with Gasteiger partial charge in [0, 0.05) is 29.8 Å². The Hall–Kier alpha value is -1.20. The first kappa shape index (κ1) is 18.8. The summed E-state index contributed by atoms with van der Waals surface area (Å²) in [5.74, 6) is 2.83. The minimum Gasteiger partial charge on any atom is -0.354 e. The highest BCUT2D eigenvalue weighted by molar-refractivity contribution is 7.99. The minimum atomic E-state index is 0.342. The van der Waals surface area contributed by atoms with E-state index in [1.54, 1.807) is 0 Å². The third-order valence-corrected chi connectivity index (χ3v) is 4.11. The van der Waals surface area contributed by atoms with Crippen LogP contribution in [0.3, 0.4) is 0 Å². The van der Waals surface area contributed by atoms with Crippen molar-refractivity contribution in [2.45, 2.75) is 40.7 Å². The molecule has 0 amide bonds. The molecule has 0 fully saturated rings. The second-order valence-corrected chi connectivity index (χ2v) is 7.05. The number of hydrogen-bond acceptors (Lipinski definition) is 3. The minimum absolute atomic E-state index is 0.342. The van der Waals surface area contributed by atoms with Gasteiger partial charge in [0.25, 0.3) is 0 Å². The SMILES string of the molecule is Cc1cc(C)c(NC(=NCCSCCN)NC(C)C)c(C)c1. The zero-order chi connectivity index (χ0) is 16.5. The average molecular weight is 323 g/mol. The van der Waals surface area contributed by atoms with Crippen LogP contribution in [0.1, 0.15) is 30.5 Å². The molecule has 0 spiro atoms. The van der Waals surface area contributed by atoms with Crippen LogP contribution < -0.4 is 16.4 Å². The van der Waals surface area contributed by atoms with Gasteiger partial charge in [-0.2, -0.15) is 11.8 Å². The van der Waals surface area contributed by atoms with Gasteiger partial charge in [0.05, 0.1) is 6.54 Å². The number of guanidine groups is 1. The monoisotopic (exact) mass is 322 g/mol. The van der Waals surface area contributed by atoms with Crippen molar-refractivity contribution in [3.05, 3.63) is 28.8 Å². The van der Waals surface area contributed by atoms with Crippen molar-refractivity contribution in [3.8, 4) is 0 Å². The second kappa shape index (κ2) is 9.74. The summed E-state index contributed by atoms with van der Waals surface area (Å²) in [6.07, 6.45) is 0. The van der Waals surface area contributed by atoms with Crippen LogP contribution in [-0.2, 0) is 0 Å². The summed E-state index contributed by atoms with van der Waals surface area (Å²) < 4.78 is 0. The Bertz CT molecular complexity index is 474. The summed E-state index contributed by atoms with van der Waals surface area (Å²) in [6.45, 7) is 12.1. The molecular formula is C17H30N4S. The van der Waals surface area contributed by atoms with E-state index in [9.17, 15) is 0 Å². The zero-order valence-corrected chi connectivity index (χ0v) is 15.3. The van der Waals surface area contributed by atoms with Gasteiger partial charge in [-0.05, 0) is 45.7 Å². The number of nitrogens with two attached hydrogens (primary N) is 1. The maximum absolute atomic E-state index is 5.50. The number of nitrogens with zero attached hydrogens (tertiary/aromatic N) is 1. The number of thioether (sulfide) groups is 1. The van der Waals surface area contributed by atoms with Crippen molar-refractivity contribution >= 4 is 23.4 Å². The Kier molecular flexibility index (Phi) is 8.35. The van der Waals surface area contributed by atoms with Crippen molar-refractivity contribution in [1.29, 1.82) is 0 Å². The van der Waals surface area contributed by atoms with E-state index >= 15 is 0 Å². The molecule has 124 valence electrons. The van der Waals surface area contributed by atoms with Crippen molar-refractivity contribution in [2.24, 2.45) is 10.7 Å². The normalized spacial score (nSPS) is 11.9. The van der Waals surface area contributed by atoms with Gasteiger partial charge < -0.3 is 16.4 Å². The largest absolute Gasteiger partial charge is 0.354 e. The lowest BCUT2D eigenvalue weighted by molar-refractivity contribution is 0.728. The predicted molar refractivity (Wildman–Crippen MR) is 101 cm³/mol. The average Bonchev–Trinajstić information content (AvgIpc) is 2.41. The zero-order valence-electron chi connectivity index (χ0n) is 14.5. The van der Waals surface area contributed by atoms with Crippen LogP contribution >= 0.6 is 11.8 Å². The second-order valence-electron chi connectivity index (χ2n) is 5.83. The van der Waals surface area contributed by atoms with Crippen LogP contribution in [0.25, 0.3) is 0 Å². The highest BCUT2D eigenvalue weighted by Gasteiger charge is 2.07. The standard InChI is InChI=1S/C17H30N4S/c1-12(2)20-17(19-7-9-22-8-6-18)21-16-14(4)10-13(3)11-15(16)5/h10-12H,6-9,18H2,1-5H3,(H2,19,20,21). The smallest absolute Gasteiger partial charge is 0.196 e. The predicted octanol–water partition coefficient (Wildman–Crippen LogP) is 3.07. The van der Waals surface area contributed by atoms with E-state index in [1.165, 1.54) is 16.7 Å². The number of aliphatic imine (C=N–C) groups is 1. The van der Waals surface area contributed by atoms with E-state index in [0.29, 0.717) is 6.04 Å². The van der Waals surface area contributed by atoms with Crippen molar-refractivity contribution in [1.82, 2.24) is 5.32 Å². The molecular weight excluding hydrogens is 292 g/mol. The highest BCUT2D eigenvalue weighted by Crippen LogP contribution is 2.21. The molecule has 22 heavy (non-hydrogen) atoms. The molecule has 1 aromatic carbocycles. The molecule has 0 saturated heterocycles. The van der Waals surface area contributed by atoms with Crippen LogP contribution in [0.2, 0.25) is 0 Å². The number of nitrogens with one attached hydrogen (secondary N) is 2. The summed E-state index contributed by atoms with van der Waals surface area (Å²) in [7, 11) is 0. The maximum atomic E-state index is 5.50. The van der Waals surface area contributed by atoms with E-state index in [-0.39, 0.29) is 0 Å². The lowest BCUT2D eigenvalue weighted by Crippen LogP contribution is -2.36. The number of rotatable bonds is 7. The van der Waals surface area contributed by atoms with E-state index < -0.39 is 0 Å². The Labute approximate surface area is 139 Å². The van der Waals surface area contributed by atoms with Crippen molar-refractivity contribution in [2.75, 3.05) is 29.9 Å². The summed E-state index contributed by atoms with van der Waals surface area (Å²) >= 11 is 1.84. The molecule has 1 aromatic rings. The number of aryl methyl sites for hydroxylation is 3. The van der Waals surface area contributed by atoms with Crippen molar-refractivity contribution in [3.63, 3.8) is 0 Å². The summed E-state index contributed by atoms with van der Waals surface area (Å²) in [6, 6.07) is 4.73. The van der Waals surface area contributed by atoms with Crippen LogP contribution in [-0.4, -0.2) is 36.6 Å². The van der Waals surface area contributed by atoms with Crippen LogP contribution in [0, 0.1) is 20.8 Å². The molecule has 0 atom stereocenters. The highest BCUT2D eigenvalue weighted by atomic mass is 32.2. The topological polar surface area (TPSA) is 62.4 Å². The summed E-state index contributed by atoms with van der Waals surface area (Å²) in [5.41, 5.74) is 10.4. The van der Waals surface area contributed by atoms with Crippen LogP contribution in [0.4, 0.5) is 5.69 Å². The van der Waals surface area contributed by atoms with Gasteiger partial charge in [0.1, 0.15) is 0 Å². The molecule has 0 aromatic heterocycles. The molecule has 1 rings (SSSR count). The number of anilines is 1. The number of hydrogen-bond donors (Lipinski definition) is 3. The van der Waals surface area contributed by atoms with Gasteiger partial charge >= 0.3 is 0 Å². The molecule has 4 N–H and O–H groups in total. The molecule has 5 heteroatoms. The molecule has 0 unspecified atom stereocenters. The first-order valence-electron chi connectivity index (χ1n) is 7.87. The van der Waals surface area contributed by atoms with Crippen molar-refractivity contribution < 1.29 is 0 Å². The van der Waals surface area contributed by atoms with Gasteiger partial charge in [-0.1, -0.05) is 17.7 Å². The van der Waals surface area contributed by atoms with Gasteiger partial charge in [0.15, 0.2) is 5.96 Å². The lowest BCUT2D eigenvalue weighted by atomic mass is 10.1. The Morgan fingerprint density at radius 3 is 2.36 bits per heavy atom. The lowest BCUT2D eigenvalue weighted by Gasteiger charge is -2.18.